The average molecular weight is 277 g/mol. The summed E-state index contributed by atoms with van der Waals surface area (Å²) in [6, 6.07) is 6.28. The number of ether oxygens (including phenoxy) is 2. The van der Waals surface area contributed by atoms with Crippen LogP contribution in [0.1, 0.15) is 36.8 Å². The summed E-state index contributed by atoms with van der Waals surface area (Å²) in [4.78, 5) is 0. The van der Waals surface area contributed by atoms with Crippen LogP contribution in [0.15, 0.2) is 18.2 Å². The summed E-state index contributed by atoms with van der Waals surface area (Å²) in [6.07, 6.45) is 5.11. The van der Waals surface area contributed by atoms with Gasteiger partial charge in [-0.05, 0) is 57.2 Å². The molecule has 2 rings (SSSR count). The second kappa shape index (κ2) is 8.28. The third-order valence-corrected chi connectivity index (χ3v) is 3.80. The van der Waals surface area contributed by atoms with Gasteiger partial charge >= 0.3 is 0 Å². The van der Waals surface area contributed by atoms with Crippen LogP contribution in [0.3, 0.4) is 0 Å². The summed E-state index contributed by atoms with van der Waals surface area (Å²) < 4.78 is 11.5. The van der Waals surface area contributed by atoms with E-state index in [0.29, 0.717) is 6.10 Å². The third-order valence-electron chi connectivity index (χ3n) is 3.80. The van der Waals surface area contributed by atoms with Crippen LogP contribution in [0.2, 0.25) is 0 Å². The van der Waals surface area contributed by atoms with E-state index in [4.69, 9.17) is 9.47 Å². The summed E-state index contributed by atoms with van der Waals surface area (Å²) in [6.45, 7) is 7.99. The van der Waals surface area contributed by atoms with Gasteiger partial charge in [0.25, 0.3) is 0 Å². The van der Waals surface area contributed by atoms with Crippen molar-refractivity contribution in [3.8, 4) is 5.75 Å². The number of benzene rings is 1. The van der Waals surface area contributed by atoms with Crippen molar-refractivity contribution >= 4 is 0 Å². The Morgan fingerprint density at radius 2 is 2.05 bits per heavy atom. The molecule has 20 heavy (non-hydrogen) atoms. The SMILES string of the molecule is Cc1cccc(C)c1OCCCCNC[C@H]1CCCO1. The maximum absolute atomic E-state index is 5.90. The number of aryl methyl sites for hydroxylation is 2. The van der Waals surface area contributed by atoms with Gasteiger partial charge in [0.1, 0.15) is 5.75 Å². The Labute approximate surface area is 122 Å². The van der Waals surface area contributed by atoms with E-state index in [-0.39, 0.29) is 0 Å². The van der Waals surface area contributed by atoms with Crippen LogP contribution in [0.25, 0.3) is 0 Å². The Morgan fingerprint density at radius 3 is 2.75 bits per heavy atom. The number of hydrogen-bond donors (Lipinski definition) is 1. The van der Waals surface area contributed by atoms with Crippen LogP contribution >= 0.6 is 0 Å². The number of para-hydroxylation sites is 1. The van der Waals surface area contributed by atoms with E-state index in [1.807, 2.05) is 0 Å². The van der Waals surface area contributed by atoms with Crippen LogP contribution in [-0.4, -0.2) is 32.4 Å². The molecule has 0 amide bonds. The molecule has 3 heteroatoms. The molecule has 0 saturated carbocycles. The van der Waals surface area contributed by atoms with Gasteiger partial charge in [0.15, 0.2) is 0 Å². The van der Waals surface area contributed by atoms with Crippen molar-refractivity contribution in [2.75, 3.05) is 26.3 Å². The molecule has 1 N–H and O–H groups in total. The predicted molar refractivity (Wildman–Crippen MR) is 82.5 cm³/mol. The smallest absolute Gasteiger partial charge is 0.125 e. The molecule has 1 aliphatic heterocycles. The lowest BCUT2D eigenvalue weighted by Gasteiger charge is -2.12. The van der Waals surface area contributed by atoms with Gasteiger partial charge in [-0.1, -0.05) is 18.2 Å². The van der Waals surface area contributed by atoms with Crippen molar-refractivity contribution in [2.24, 2.45) is 0 Å². The molecule has 0 bridgehead atoms. The van der Waals surface area contributed by atoms with Gasteiger partial charge in [-0.25, -0.2) is 0 Å². The number of hydrogen-bond acceptors (Lipinski definition) is 3. The zero-order chi connectivity index (χ0) is 14.2. The molecule has 1 aromatic rings. The van der Waals surface area contributed by atoms with Crippen molar-refractivity contribution in [3.05, 3.63) is 29.3 Å². The zero-order valence-electron chi connectivity index (χ0n) is 12.8. The second-order valence-electron chi connectivity index (χ2n) is 5.62. The predicted octanol–water partition coefficient (Wildman–Crippen LogP) is 3.23. The minimum Gasteiger partial charge on any atom is -0.493 e. The van der Waals surface area contributed by atoms with E-state index in [0.717, 1.165) is 44.9 Å². The zero-order valence-corrected chi connectivity index (χ0v) is 12.8. The first-order valence-electron chi connectivity index (χ1n) is 7.78. The van der Waals surface area contributed by atoms with Gasteiger partial charge in [0.2, 0.25) is 0 Å². The Kier molecular flexibility index (Phi) is 6.34. The highest BCUT2D eigenvalue weighted by Crippen LogP contribution is 2.22. The first-order valence-corrected chi connectivity index (χ1v) is 7.78. The van der Waals surface area contributed by atoms with Crippen LogP contribution in [0, 0.1) is 13.8 Å². The monoisotopic (exact) mass is 277 g/mol. The van der Waals surface area contributed by atoms with Crippen molar-refractivity contribution in [1.82, 2.24) is 5.32 Å². The molecule has 0 radical (unpaired) electrons. The van der Waals surface area contributed by atoms with Crippen molar-refractivity contribution in [3.63, 3.8) is 0 Å². The Morgan fingerprint density at radius 1 is 1.25 bits per heavy atom. The van der Waals surface area contributed by atoms with E-state index in [2.05, 4.69) is 37.4 Å². The minimum atomic E-state index is 0.445. The fourth-order valence-electron chi connectivity index (χ4n) is 2.62. The highest BCUT2D eigenvalue weighted by atomic mass is 16.5. The molecular formula is C17H27NO2. The largest absolute Gasteiger partial charge is 0.493 e. The van der Waals surface area contributed by atoms with E-state index >= 15 is 0 Å². The maximum atomic E-state index is 5.90. The van der Waals surface area contributed by atoms with Crippen molar-refractivity contribution < 1.29 is 9.47 Å². The standard InChI is InChI=1S/C17H27NO2/c1-14-7-5-8-15(2)17(14)20-11-4-3-10-18-13-16-9-6-12-19-16/h5,7-8,16,18H,3-4,6,9-13H2,1-2H3/t16-/m1/s1. The molecule has 3 nitrogen and oxygen atoms in total. The molecule has 112 valence electrons. The molecule has 1 saturated heterocycles. The summed E-state index contributed by atoms with van der Waals surface area (Å²) in [5, 5.41) is 3.47. The fraction of sp³-hybridized carbons (Fsp3) is 0.647. The van der Waals surface area contributed by atoms with Crippen molar-refractivity contribution in [2.45, 2.75) is 45.6 Å². The van der Waals surface area contributed by atoms with E-state index in [9.17, 15) is 0 Å². The molecule has 1 aliphatic rings. The highest BCUT2D eigenvalue weighted by molar-refractivity contribution is 5.39. The molecule has 0 spiro atoms. The fourth-order valence-corrected chi connectivity index (χ4v) is 2.62. The Hall–Kier alpha value is -1.06. The lowest BCUT2D eigenvalue weighted by molar-refractivity contribution is 0.110. The minimum absolute atomic E-state index is 0.445. The molecular weight excluding hydrogens is 250 g/mol. The lowest BCUT2D eigenvalue weighted by Crippen LogP contribution is -2.27. The van der Waals surface area contributed by atoms with Gasteiger partial charge in [-0.3, -0.25) is 0 Å². The topological polar surface area (TPSA) is 30.5 Å². The highest BCUT2D eigenvalue weighted by Gasteiger charge is 2.14. The quantitative estimate of drug-likeness (QED) is 0.740. The summed E-state index contributed by atoms with van der Waals surface area (Å²) in [5.74, 6) is 1.06. The van der Waals surface area contributed by atoms with E-state index < -0.39 is 0 Å². The van der Waals surface area contributed by atoms with Crippen LogP contribution < -0.4 is 10.1 Å². The van der Waals surface area contributed by atoms with Gasteiger partial charge < -0.3 is 14.8 Å². The van der Waals surface area contributed by atoms with Gasteiger partial charge in [-0.15, -0.1) is 0 Å². The molecule has 1 aromatic carbocycles. The van der Waals surface area contributed by atoms with Gasteiger partial charge in [-0.2, -0.15) is 0 Å². The normalized spacial score (nSPS) is 18.4. The molecule has 1 heterocycles. The molecule has 0 aromatic heterocycles. The number of unbranched alkanes of at least 4 members (excludes halogenated alkanes) is 1. The number of nitrogens with one attached hydrogen (secondary N) is 1. The van der Waals surface area contributed by atoms with Gasteiger partial charge in [0.05, 0.1) is 12.7 Å². The van der Waals surface area contributed by atoms with Crippen LogP contribution in [0.4, 0.5) is 0 Å². The van der Waals surface area contributed by atoms with Crippen LogP contribution in [0.5, 0.6) is 5.75 Å². The summed E-state index contributed by atoms with van der Waals surface area (Å²) in [7, 11) is 0. The molecule has 1 atom stereocenters. The summed E-state index contributed by atoms with van der Waals surface area (Å²) in [5.41, 5.74) is 2.45. The third kappa shape index (κ3) is 4.80. The maximum Gasteiger partial charge on any atom is 0.125 e. The second-order valence-corrected chi connectivity index (χ2v) is 5.62. The summed E-state index contributed by atoms with van der Waals surface area (Å²) >= 11 is 0. The lowest BCUT2D eigenvalue weighted by atomic mass is 10.1. The Balaban J connectivity index is 1.53. The Bertz CT molecular complexity index is 380. The van der Waals surface area contributed by atoms with Crippen LogP contribution in [-0.2, 0) is 4.74 Å². The molecule has 1 fully saturated rings. The molecule has 0 aliphatic carbocycles. The van der Waals surface area contributed by atoms with E-state index in [1.54, 1.807) is 0 Å². The first-order chi connectivity index (χ1) is 9.77. The van der Waals surface area contributed by atoms with E-state index in [1.165, 1.54) is 24.0 Å². The molecule has 0 unspecified atom stereocenters. The average Bonchev–Trinajstić information content (AvgIpc) is 2.93. The van der Waals surface area contributed by atoms with Gasteiger partial charge in [0, 0.05) is 13.2 Å². The number of rotatable bonds is 8. The first kappa shape index (κ1) is 15.3. The van der Waals surface area contributed by atoms with Crippen molar-refractivity contribution in [1.29, 1.82) is 0 Å².